The van der Waals surface area contributed by atoms with E-state index in [4.69, 9.17) is 16.3 Å². The summed E-state index contributed by atoms with van der Waals surface area (Å²) in [5.74, 6) is -0.846. The fourth-order valence-electron chi connectivity index (χ4n) is 2.83. The van der Waals surface area contributed by atoms with Crippen molar-refractivity contribution in [1.82, 2.24) is 14.7 Å². The fraction of sp³-hybridized carbons (Fsp3) is 0.250. The van der Waals surface area contributed by atoms with Gasteiger partial charge in [0.1, 0.15) is 5.56 Å². The van der Waals surface area contributed by atoms with Crippen LogP contribution >= 0.6 is 22.9 Å². The number of aromatic nitrogens is 2. The highest BCUT2D eigenvalue weighted by Crippen LogP contribution is 2.22. The van der Waals surface area contributed by atoms with E-state index >= 15 is 0 Å². The van der Waals surface area contributed by atoms with Crippen LogP contribution in [0.25, 0.3) is 5.69 Å². The molecule has 146 valence electrons. The lowest BCUT2D eigenvalue weighted by Gasteiger charge is -2.16. The van der Waals surface area contributed by atoms with Gasteiger partial charge in [-0.25, -0.2) is 9.48 Å². The van der Waals surface area contributed by atoms with Crippen LogP contribution in [0.2, 0.25) is 4.34 Å². The van der Waals surface area contributed by atoms with Crippen molar-refractivity contribution in [3.8, 4) is 5.69 Å². The van der Waals surface area contributed by atoms with Crippen LogP contribution in [0, 0.1) is 13.8 Å². The lowest BCUT2D eigenvalue weighted by Crippen LogP contribution is -2.30. The summed E-state index contributed by atoms with van der Waals surface area (Å²) in [6.07, 6.45) is 0. The summed E-state index contributed by atoms with van der Waals surface area (Å²) >= 11 is 7.32. The van der Waals surface area contributed by atoms with E-state index in [2.05, 4.69) is 5.10 Å². The van der Waals surface area contributed by atoms with E-state index in [1.807, 2.05) is 36.4 Å². The van der Waals surface area contributed by atoms with Crippen molar-refractivity contribution in [2.45, 2.75) is 20.4 Å². The van der Waals surface area contributed by atoms with Gasteiger partial charge in [-0.05, 0) is 38.1 Å². The van der Waals surface area contributed by atoms with Crippen molar-refractivity contribution >= 4 is 34.8 Å². The van der Waals surface area contributed by atoms with E-state index in [-0.39, 0.29) is 12.5 Å². The molecule has 3 aromatic rings. The molecule has 1 aromatic carbocycles. The first-order valence-electron chi connectivity index (χ1n) is 8.63. The number of amides is 1. The maximum atomic E-state index is 12.6. The number of hydrogen-bond donors (Lipinski definition) is 0. The molecule has 1 amide bonds. The molecule has 0 aliphatic rings. The number of para-hydroxylation sites is 1. The quantitative estimate of drug-likeness (QED) is 0.568. The van der Waals surface area contributed by atoms with Crippen LogP contribution in [0.15, 0.2) is 42.5 Å². The third kappa shape index (κ3) is 4.43. The number of halogens is 1. The molecule has 0 aliphatic carbocycles. The Balaban J connectivity index is 1.65. The highest BCUT2D eigenvalue weighted by atomic mass is 35.5. The minimum atomic E-state index is -0.557. The Bertz CT molecular complexity index is 998. The van der Waals surface area contributed by atoms with Gasteiger partial charge in [-0.3, -0.25) is 4.79 Å². The van der Waals surface area contributed by atoms with Gasteiger partial charge in [0, 0.05) is 11.9 Å². The molecular formula is C20H20ClN3O3S. The van der Waals surface area contributed by atoms with E-state index in [0.29, 0.717) is 27.8 Å². The van der Waals surface area contributed by atoms with Crippen LogP contribution in [-0.4, -0.2) is 40.2 Å². The molecule has 0 radical (unpaired) electrons. The number of rotatable bonds is 6. The van der Waals surface area contributed by atoms with Crippen LogP contribution in [0.3, 0.4) is 0 Å². The number of carbonyl (C=O) groups excluding carboxylic acids is 2. The van der Waals surface area contributed by atoms with Crippen molar-refractivity contribution in [2.24, 2.45) is 0 Å². The van der Waals surface area contributed by atoms with Crippen molar-refractivity contribution < 1.29 is 14.3 Å². The smallest absolute Gasteiger partial charge is 0.342 e. The predicted molar refractivity (Wildman–Crippen MR) is 109 cm³/mol. The largest absolute Gasteiger partial charge is 0.452 e. The summed E-state index contributed by atoms with van der Waals surface area (Å²) < 4.78 is 7.62. The zero-order chi connectivity index (χ0) is 20.3. The third-order valence-corrected chi connectivity index (χ3v) is 5.49. The summed E-state index contributed by atoms with van der Waals surface area (Å²) in [6.45, 7) is 3.64. The first-order valence-corrected chi connectivity index (χ1v) is 9.83. The van der Waals surface area contributed by atoms with Gasteiger partial charge in [-0.2, -0.15) is 5.10 Å². The van der Waals surface area contributed by atoms with Crippen LogP contribution in [-0.2, 0) is 16.1 Å². The predicted octanol–water partition coefficient (Wildman–Crippen LogP) is 4.02. The van der Waals surface area contributed by atoms with E-state index < -0.39 is 5.97 Å². The van der Waals surface area contributed by atoms with Gasteiger partial charge in [-0.15, -0.1) is 11.3 Å². The summed E-state index contributed by atoms with van der Waals surface area (Å²) in [5, 5.41) is 4.43. The van der Waals surface area contributed by atoms with Crippen LogP contribution in [0.1, 0.15) is 26.6 Å². The first kappa shape index (κ1) is 20.1. The molecule has 8 heteroatoms. The Morgan fingerprint density at radius 2 is 1.89 bits per heavy atom. The maximum Gasteiger partial charge on any atom is 0.342 e. The number of benzene rings is 1. The molecule has 0 spiro atoms. The molecule has 28 heavy (non-hydrogen) atoms. The van der Waals surface area contributed by atoms with Gasteiger partial charge >= 0.3 is 5.97 Å². The second-order valence-corrected chi connectivity index (χ2v) is 8.12. The first-order chi connectivity index (χ1) is 13.4. The zero-order valence-electron chi connectivity index (χ0n) is 15.8. The maximum absolute atomic E-state index is 12.6. The zero-order valence-corrected chi connectivity index (χ0v) is 17.4. The van der Waals surface area contributed by atoms with Crippen molar-refractivity contribution in [3.05, 3.63) is 68.6 Å². The summed E-state index contributed by atoms with van der Waals surface area (Å²) in [5.41, 5.74) is 2.46. The molecule has 3 rings (SSSR count). The molecule has 0 saturated carbocycles. The normalized spacial score (nSPS) is 10.7. The van der Waals surface area contributed by atoms with Crippen LogP contribution < -0.4 is 0 Å². The van der Waals surface area contributed by atoms with Crippen molar-refractivity contribution in [2.75, 3.05) is 13.7 Å². The average molecular weight is 418 g/mol. The Hall–Kier alpha value is -2.64. The molecule has 0 bridgehead atoms. The topological polar surface area (TPSA) is 64.4 Å². The van der Waals surface area contributed by atoms with Gasteiger partial charge < -0.3 is 9.64 Å². The van der Waals surface area contributed by atoms with Crippen molar-refractivity contribution in [3.63, 3.8) is 0 Å². The second-order valence-electron chi connectivity index (χ2n) is 6.32. The molecule has 2 heterocycles. The number of ether oxygens (including phenoxy) is 1. The molecule has 0 N–H and O–H groups in total. The van der Waals surface area contributed by atoms with E-state index in [9.17, 15) is 9.59 Å². The molecule has 0 atom stereocenters. The summed E-state index contributed by atoms with van der Waals surface area (Å²) in [7, 11) is 1.66. The summed E-state index contributed by atoms with van der Waals surface area (Å²) in [4.78, 5) is 27.3. The molecule has 0 aliphatic heterocycles. The Labute approximate surface area is 172 Å². The number of carbonyl (C=O) groups is 2. The molecular weight excluding hydrogens is 398 g/mol. The number of thiophene rings is 1. The van der Waals surface area contributed by atoms with Gasteiger partial charge in [0.25, 0.3) is 5.91 Å². The number of aryl methyl sites for hydroxylation is 1. The lowest BCUT2D eigenvalue weighted by atomic mass is 10.2. The van der Waals surface area contributed by atoms with E-state index in [1.54, 1.807) is 31.6 Å². The van der Waals surface area contributed by atoms with Gasteiger partial charge in [0.05, 0.1) is 28.0 Å². The molecule has 6 nitrogen and oxygen atoms in total. The number of hydrogen-bond acceptors (Lipinski definition) is 5. The van der Waals surface area contributed by atoms with Gasteiger partial charge in [0.2, 0.25) is 0 Å². The number of esters is 1. The van der Waals surface area contributed by atoms with Gasteiger partial charge in [-0.1, -0.05) is 29.8 Å². The second kappa shape index (κ2) is 8.58. The molecule has 0 fully saturated rings. The highest BCUT2D eigenvalue weighted by Gasteiger charge is 2.22. The lowest BCUT2D eigenvalue weighted by molar-refractivity contribution is -0.133. The standard InChI is InChI=1S/C20H20ClN3O3S/c1-13-19(14(2)24(22-13)15-7-5-4-6-8-15)20(26)27-12-18(25)23(3)11-16-9-10-17(21)28-16/h4-10H,11-12H2,1-3H3. The fourth-order valence-corrected chi connectivity index (χ4v) is 3.97. The Morgan fingerprint density at radius 3 is 2.54 bits per heavy atom. The highest BCUT2D eigenvalue weighted by molar-refractivity contribution is 7.16. The number of nitrogens with zero attached hydrogens (tertiary/aromatic N) is 3. The van der Waals surface area contributed by atoms with Crippen LogP contribution in [0.5, 0.6) is 0 Å². The minimum Gasteiger partial charge on any atom is -0.452 e. The Morgan fingerprint density at radius 1 is 1.18 bits per heavy atom. The average Bonchev–Trinajstić information content (AvgIpc) is 3.22. The minimum absolute atomic E-state index is 0.288. The Kier molecular flexibility index (Phi) is 6.16. The number of likely N-dealkylation sites (N-methyl/N-ethyl adjacent to an activating group) is 1. The van der Waals surface area contributed by atoms with Crippen LogP contribution in [0.4, 0.5) is 0 Å². The molecule has 0 unspecified atom stereocenters. The molecule has 2 aromatic heterocycles. The van der Waals surface area contributed by atoms with E-state index in [1.165, 1.54) is 16.2 Å². The monoisotopic (exact) mass is 417 g/mol. The summed E-state index contributed by atoms with van der Waals surface area (Å²) in [6, 6.07) is 13.2. The van der Waals surface area contributed by atoms with Crippen molar-refractivity contribution in [1.29, 1.82) is 0 Å². The SMILES string of the molecule is Cc1nn(-c2ccccc2)c(C)c1C(=O)OCC(=O)N(C)Cc1ccc(Cl)s1. The van der Waals surface area contributed by atoms with E-state index in [0.717, 1.165) is 10.6 Å². The van der Waals surface area contributed by atoms with Gasteiger partial charge in [0.15, 0.2) is 6.61 Å². The molecule has 0 saturated heterocycles. The third-order valence-electron chi connectivity index (χ3n) is 4.27.